The van der Waals surface area contributed by atoms with E-state index in [4.69, 9.17) is 4.74 Å². The van der Waals surface area contributed by atoms with Gasteiger partial charge in [-0.1, -0.05) is 13.3 Å². The predicted molar refractivity (Wildman–Crippen MR) is 59.8 cm³/mol. The van der Waals surface area contributed by atoms with Gasteiger partial charge in [0.2, 0.25) is 5.91 Å². The Kier molecular flexibility index (Phi) is 5.65. The summed E-state index contributed by atoms with van der Waals surface area (Å²) < 4.78 is 5.20. The molecule has 88 valence electrons. The third kappa shape index (κ3) is 4.62. The van der Waals surface area contributed by atoms with Crippen molar-refractivity contribution in [2.45, 2.75) is 32.7 Å². The molecule has 1 fully saturated rings. The van der Waals surface area contributed by atoms with Crippen molar-refractivity contribution in [2.75, 3.05) is 32.8 Å². The number of hydrogen-bond donors (Lipinski definition) is 1. The van der Waals surface area contributed by atoms with Crippen LogP contribution in [-0.2, 0) is 9.53 Å². The first-order valence-electron chi connectivity index (χ1n) is 5.83. The van der Waals surface area contributed by atoms with Gasteiger partial charge >= 0.3 is 0 Å². The fourth-order valence-electron chi connectivity index (χ4n) is 1.72. The first-order chi connectivity index (χ1) is 7.24. The zero-order valence-corrected chi connectivity index (χ0v) is 9.79. The molecule has 0 saturated carbocycles. The van der Waals surface area contributed by atoms with Crippen molar-refractivity contribution in [3.8, 4) is 0 Å². The molecular weight excluding hydrogens is 192 g/mol. The fraction of sp³-hybridized carbons (Fsp3) is 0.909. The van der Waals surface area contributed by atoms with Crippen LogP contribution >= 0.6 is 0 Å². The first-order valence-corrected chi connectivity index (χ1v) is 5.83. The lowest BCUT2D eigenvalue weighted by molar-refractivity contribution is -0.134. The van der Waals surface area contributed by atoms with E-state index in [0.29, 0.717) is 25.8 Å². The van der Waals surface area contributed by atoms with E-state index < -0.39 is 0 Å². The van der Waals surface area contributed by atoms with Crippen molar-refractivity contribution in [3.63, 3.8) is 0 Å². The molecule has 1 aliphatic heterocycles. The second-order valence-corrected chi connectivity index (χ2v) is 4.06. The lowest BCUT2D eigenvalue weighted by Crippen LogP contribution is -2.46. The van der Waals surface area contributed by atoms with E-state index in [9.17, 15) is 4.79 Å². The Hall–Kier alpha value is -0.610. The van der Waals surface area contributed by atoms with E-state index >= 15 is 0 Å². The minimum absolute atomic E-state index is 0.196. The molecular formula is C11H22N2O2. The van der Waals surface area contributed by atoms with Gasteiger partial charge in [-0.15, -0.1) is 0 Å². The summed E-state index contributed by atoms with van der Waals surface area (Å²) in [6, 6.07) is 0.431. The highest BCUT2D eigenvalue weighted by molar-refractivity contribution is 5.78. The molecule has 1 unspecified atom stereocenters. The van der Waals surface area contributed by atoms with Gasteiger partial charge in [-0.25, -0.2) is 0 Å². The molecule has 1 saturated heterocycles. The molecule has 1 rings (SSSR count). The van der Waals surface area contributed by atoms with Crippen LogP contribution in [0.4, 0.5) is 0 Å². The van der Waals surface area contributed by atoms with Crippen molar-refractivity contribution >= 4 is 5.91 Å². The van der Waals surface area contributed by atoms with Crippen LogP contribution in [0.5, 0.6) is 0 Å². The Morgan fingerprint density at radius 1 is 1.47 bits per heavy atom. The van der Waals surface area contributed by atoms with Crippen molar-refractivity contribution < 1.29 is 9.53 Å². The van der Waals surface area contributed by atoms with E-state index in [-0.39, 0.29) is 5.91 Å². The lowest BCUT2D eigenvalue weighted by atomic mass is 10.2. The standard InChI is InChI=1S/C11H22N2O2/c1-3-4-10(2)12-9-11(14)13-5-7-15-8-6-13/h10,12H,3-9H2,1-2H3. The third-order valence-corrected chi connectivity index (χ3v) is 2.69. The highest BCUT2D eigenvalue weighted by Gasteiger charge is 2.16. The molecule has 4 nitrogen and oxygen atoms in total. The zero-order chi connectivity index (χ0) is 11.1. The summed E-state index contributed by atoms with van der Waals surface area (Å²) in [6.45, 7) is 7.57. The van der Waals surface area contributed by atoms with Gasteiger partial charge in [0.05, 0.1) is 19.8 Å². The van der Waals surface area contributed by atoms with Gasteiger partial charge in [-0.05, 0) is 13.3 Å². The maximum absolute atomic E-state index is 11.7. The Labute approximate surface area is 92.0 Å². The number of nitrogens with zero attached hydrogens (tertiary/aromatic N) is 1. The van der Waals surface area contributed by atoms with E-state index in [0.717, 1.165) is 25.9 Å². The number of morpholine rings is 1. The summed E-state index contributed by atoms with van der Waals surface area (Å²) in [5, 5.41) is 3.25. The van der Waals surface area contributed by atoms with Crippen LogP contribution in [0.3, 0.4) is 0 Å². The third-order valence-electron chi connectivity index (χ3n) is 2.69. The first kappa shape index (κ1) is 12.5. The van der Waals surface area contributed by atoms with Gasteiger partial charge < -0.3 is 15.0 Å². The van der Waals surface area contributed by atoms with E-state index in [1.807, 2.05) is 4.90 Å². The predicted octanol–water partition coefficient (Wildman–Crippen LogP) is 0.623. The second-order valence-electron chi connectivity index (χ2n) is 4.06. The Balaban J connectivity index is 2.16. The molecule has 0 aromatic carbocycles. The highest BCUT2D eigenvalue weighted by Crippen LogP contribution is 1.98. The summed E-state index contributed by atoms with van der Waals surface area (Å²) in [5.41, 5.74) is 0. The zero-order valence-electron chi connectivity index (χ0n) is 9.79. The van der Waals surface area contributed by atoms with Crippen molar-refractivity contribution in [1.29, 1.82) is 0 Å². The van der Waals surface area contributed by atoms with Crippen LogP contribution in [0.15, 0.2) is 0 Å². The van der Waals surface area contributed by atoms with Crippen LogP contribution in [0.2, 0.25) is 0 Å². The van der Waals surface area contributed by atoms with E-state index in [1.54, 1.807) is 0 Å². The normalized spacial score (nSPS) is 18.9. The molecule has 4 heteroatoms. The molecule has 1 atom stereocenters. The fourth-order valence-corrected chi connectivity index (χ4v) is 1.72. The number of rotatable bonds is 5. The molecule has 1 amide bonds. The van der Waals surface area contributed by atoms with Crippen LogP contribution in [0.25, 0.3) is 0 Å². The smallest absolute Gasteiger partial charge is 0.236 e. The number of ether oxygens (including phenoxy) is 1. The molecule has 0 aromatic heterocycles. The molecule has 0 radical (unpaired) electrons. The molecule has 0 spiro atoms. The summed E-state index contributed by atoms with van der Waals surface area (Å²) >= 11 is 0. The van der Waals surface area contributed by atoms with Crippen molar-refractivity contribution in [2.24, 2.45) is 0 Å². The quantitative estimate of drug-likeness (QED) is 0.729. The average molecular weight is 214 g/mol. The summed E-state index contributed by atoms with van der Waals surface area (Å²) in [7, 11) is 0. The number of carbonyl (C=O) groups is 1. The van der Waals surface area contributed by atoms with Crippen LogP contribution in [0, 0.1) is 0 Å². The van der Waals surface area contributed by atoms with Crippen LogP contribution in [-0.4, -0.2) is 49.7 Å². The van der Waals surface area contributed by atoms with Gasteiger partial charge in [-0.2, -0.15) is 0 Å². The summed E-state index contributed by atoms with van der Waals surface area (Å²) in [5.74, 6) is 0.196. The van der Waals surface area contributed by atoms with Crippen LogP contribution < -0.4 is 5.32 Å². The molecule has 0 aromatic rings. The second kappa shape index (κ2) is 6.80. The SMILES string of the molecule is CCCC(C)NCC(=O)N1CCOCC1. The average Bonchev–Trinajstić information content (AvgIpc) is 2.27. The maximum Gasteiger partial charge on any atom is 0.236 e. The minimum Gasteiger partial charge on any atom is -0.378 e. The molecule has 1 N–H and O–H groups in total. The van der Waals surface area contributed by atoms with E-state index in [1.165, 1.54) is 0 Å². The largest absolute Gasteiger partial charge is 0.378 e. The molecule has 0 aliphatic carbocycles. The summed E-state index contributed by atoms with van der Waals surface area (Å²) in [4.78, 5) is 13.6. The van der Waals surface area contributed by atoms with Gasteiger partial charge in [0.15, 0.2) is 0 Å². The Morgan fingerprint density at radius 2 is 2.13 bits per heavy atom. The van der Waals surface area contributed by atoms with Gasteiger partial charge in [0.1, 0.15) is 0 Å². The molecule has 1 aliphatic rings. The topological polar surface area (TPSA) is 41.6 Å². The Morgan fingerprint density at radius 3 is 2.73 bits per heavy atom. The maximum atomic E-state index is 11.7. The molecule has 0 bridgehead atoms. The van der Waals surface area contributed by atoms with Crippen molar-refractivity contribution in [3.05, 3.63) is 0 Å². The molecule has 1 heterocycles. The van der Waals surface area contributed by atoms with Gasteiger partial charge in [0.25, 0.3) is 0 Å². The van der Waals surface area contributed by atoms with Gasteiger partial charge in [-0.3, -0.25) is 4.79 Å². The Bertz CT molecular complexity index is 191. The number of hydrogen-bond acceptors (Lipinski definition) is 3. The number of amides is 1. The summed E-state index contributed by atoms with van der Waals surface area (Å²) in [6.07, 6.45) is 2.27. The van der Waals surface area contributed by atoms with E-state index in [2.05, 4.69) is 19.2 Å². The molecule has 15 heavy (non-hydrogen) atoms. The monoisotopic (exact) mass is 214 g/mol. The van der Waals surface area contributed by atoms with Crippen LogP contribution in [0.1, 0.15) is 26.7 Å². The van der Waals surface area contributed by atoms with Crippen molar-refractivity contribution in [1.82, 2.24) is 10.2 Å². The minimum atomic E-state index is 0.196. The highest BCUT2D eigenvalue weighted by atomic mass is 16.5. The van der Waals surface area contributed by atoms with Gasteiger partial charge in [0, 0.05) is 19.1 Å². The number of nitrogens with one attached hydrogen (secondary N) is 1. The lowest BCUT2D eigenvalue weighted by Gasteiger charge is -2.27. The number of carbonyl (C=O) groups excluding carboxylic acids is 1.